The Balaban J connectivity index is 2.25. The quantitative estimate of drug-likeness (QED) is 0.438. The lowest BCUT2D eigenvalue weighted by molar-refractivity contribution is -0.132. The Bertz CT molecular complexity index is 936. The van der Waals surface area contributed by atoms with Crippen LogP contribution in [0, 0.1) is 17.7 Å². The van der Waals surface area contributed by atoms with Gasteiger partial charge in [0.05, 0.1) is 17.8 Å². The highest BCUT2D eigenvalue weighted by Crippen LogP contribution is 2.30. The molecule has 8 nitrogen and oxygen atoms in total. The fourth-order valence-corrected chi connectivity index (χ4v) is 3.58. The number of anilines is 1. The number of nitrogens with one attached hydrogen (secondary N) is 1. The molecule has 2 amide bonds. The van der Waals surface area contributed by atoms with Gasteiger partial charge in [-0.1, -0.05) is 5.92 Å². The first kappa shape index (κ1) is 20.7. The van der Waals surface area contributed by atoms with Crippen molar-refractivity contribution in [3.05, 3.63) is 29.6 Å². The van der Waals surface area contributed by atoms with E-state index in [1.54, 1.807) is 6.92 Å². The molecule has 0 spiro atoms. The number of ether oxygens (including phenoxy) is 1. The summed E-state index contributed by atoms with van der Waals surface area (Å²) in [5.41, 5.74) is 1.72. The van der Waals surface area contributed by atoms with Gasteiger partial charge in [-0.05, 0) is 32.0 Å². The minimum absolute atomic E-state index is 0.0824. The second-order valence-electron chi connectivity index (χ2n) is 6.30. The van der Waals surface area contributed by atoms with Crippen LogP contribution in [0.15, 0.2) is 18.2 Å². The molecule has 0 bridgehead atoms. The molecule has 0 aromatic heterocycles. The third-order valence-electron chi connectivity index (χ3n) is 4.42. The number of carbonyl (C=O) groups excluding carboxylic acids is 2. The van der Waals surface area contributed by atoms with E-state index in [1.165, 1.54) is 17.6 Å². The Morgan fingerprint density at radius 3 is 2.70 bits per heavy atom. The van der Waals surface area contributed by atoms with Crippen molar-refractivity contribution >= 4 is 27.5 Å². The number of amides is 2. The van der Waals surface area contributed by atoms with E-state index in [4.69, 9.17) is 9.94 Å². The van der Waals surface area contributed by atoms with Gasteiger partial charge in [0.2, 0.25) is 0 Å². The van der Waals surface area contributed by atoms with Crippen molar-refractivity contribution < 1.29 is 32.3 Å². The van der Waals surface area contributed by atoms with Gasteiger partial charge in [0.15, 0.2) is 14.6 Å². The molecule has 2 rings (SSSR count). The second kappa shape index (κ2) is 7.54. The molecular formula is C17H19FN2O6S. The maximum atomic E-state index is 14.1. The van der Waals surface area contributed by atoms with E-state index in [-0.39, 0.29) is 24.2 Å². The van der Waals surface area contributed by atoms with Gasteiger partial charge >= 0.3 is 6.09 Å². The molecule has 1 heterocycles. The lowest BCUT2D eigenvalue weighted by Crippen LogP contribution is -2.51. The van der Waals surface area contributed by atoms with Crippen molar-refractivity contribution in [1.82, 2.24) is 5.48 Å². The van der Waals surface area contributed by atoms with Gasteiger partial charge in [0.1, 0.15) is 11.9 Å². The number of benzene rings is 1. The molecule has 1 fully saturated rings. The predicted molar refractivity (Wildman–Crippen MR) is 94.4 cm³/mol. The van der Waals surface area contributed by atoms with Crippen LogP contribution in [0.4, 0.5) is 14.9 Å². The summed E-state index contributed by atoms with van der Waals surface area (Å²) in [5.74, 6) is 3.42. The summed E-state index contributed by atoms with van der Waals surface area (Å²) in [5, 5.41) is 8.86. The maximum absolute atomic E-state index is 14.1. The summed E-state index contributed by atoms with van der Waals surface area (Å²) in [4.78, 5) is 25.2. The van der Waals surface area contributed by atoms with Crippen LogP contribution in [-0.2, 0) is 19.4 Å². The molecule has 10 heteroatoms. The van der Waals surface area contributed by atoms with E-state index in [9.17, 15) is 22.4 Å². The van der Waals surface area contributed by atoms with Gasteiger partial charge in [-0.3, -0.25) is 14.9 Å². The van der Waals surface area contributed by atoms with Crippen LogP contribution in [0.3, 0.4) is 0 Å². The third kappa shape index (κ3) is 4.04. The van der Waals surface area contributed by atoms with Gasteiger partial charge in [-0.25, -0.2) is 23.1 Å². The van der Waals surface area contributed by atoms with Crippen molar-refractivity contribution in [2.75, 3.05) is 17.7 Å². The summed E-state index contributed by atoms with van der Waals surface area (Å²) in [7, 11) is -3.94. The summed E-state index contributed by atoms with van der Waals surface area (Å²) < 4.78 is 41.2. The van der Waals surface area contributed by atoms with Crippen molar-refractivity contribution in [3.63, 3.8) is 0 Å². The van der Waals surface area contributed by atoms with Gasteiger partial charge < -0.3 is 4.74 Å². The lowest BCUT2D eigenvalue weighted by Gasteiger charge is -2.26. The SMILES string of the molecule is CC#Cc1ccc(N2C[C@H](C[C@](C)(C(=O)NO)S(C)(=O)=O)OC2=O)cc1F. The molecule has 1 saturated heterocycles. The zero-order valence-electron chi connectivity index (χ0n) is 14.9. The van der Waals surface area contributed by atoms with Crippen molar-refractivity contribution in [1.29, 1.82) is 0 Å². The average Bonchev–Trinajstić information content (AvgIpc) is 2.95. The molecule has 146 valence electrons. The highest BCUT2D eigenvalue weighted by Gasteiger charge is 2.48. The zero-order valence-corrected chi connectivity index (χ0v) is 15.8. The highest BCUT2D eigenvalue weighted by molar-refractivity contribution is 7.92. The van der Waals surface area contributed by atoms with Crippen molar-refractivity contribution in [2.45, 2.75) is 31.1 Å². The number of carbonyl (C=O) groups is 2. The molecule has 1 aromatic rings. The Kier molecular flexibility index (Phi) is 5.77. The fourth-order valence-electron chi connectivity index (χ4n) is 2.71. The van der Waals surface area contributed by atoms with Gasteiger partial charge in [-0.2, -0.15) is 0 Å². The number of cyclic esters (lactones) is 1. The molecular weight excluding hydrogens is 379 g/mol. The Morgan fingerprint density at radius 2 is 2.19 bits per heavy atom. The molecule has 27 heavy (non-hydrogen) atoms. The van der Waals surface area contributed by atoms with E-state index in [0.717, 1.165) is 24.1 Å². The van der Waals surface area contributed by atoms with E-state index >= 15 is 0 Å². The van der Waals surface area contributed by atoms with Crippen molar-refractivity contribution in [2.24, 2.45) is 0 Å². The van der Waals surface area contributed by atoms with Crippen LogP contribution >= 0.6 is 0 Å². The molecule has 0 saturated carbocycles. The Morgan fingerprint density at radius 1 is 1.52 bits per heavy atom. The molecule has 2 atom stereocenters. The first-order chi connectivity index (χ1) is 12.5. The number of hydroxylamine groups is 1. The smallest absolute Gasteiger partial charge is 0.414 e. The number of halogens is 1. The van der Waals surface area contributed by atoms with E-state index in [2.05, 4.69) is 11.8 Å². The first-order valence-corrected chi connectivity index (χ1v) is 9.77. The predicted octanol–water partition coefficient (Wildman–Crippen LogP) is 1.22. The van der Waals surface area contributed by atoms with Crippen LogP contribution < -0.4 is 10.4 Å². The average molecular weight is 398 g/mol. The van der Waals surface area contributed by atoms with Crippen LogP contribution in [0.1, 0.15) is 25.8 Å². The largest absolute Gasteiger partial charge is 0.444 e. The number of hydrogen-bond acceptors (Lipinski definition) is 6. The minimum Gasteiger partial charge on any atom is -0.444 e. The summed E-state index contributed by atoms with van der Waals surface area (Å²) >= 11 is 0. The molecule has 1 aliphatic rings. The summed E-state index contributed by atoms with van der Waals surface area (Å²) in [6.45, 7) is 2.61. The number of rotatable bonds is 5. The lowest BCUT2D eigenvalue weighted by atomic mass is 10.0. The van der Waals surface area contributed by atoms with Crippen LogP contribution in [0.25, 0.3) is 0 Å². The molecule has 1 aliphatic heterocycles. The molecule has 0 aliphatic carbocycles. The van der Waals surface area contributed by atoms with E-state index in [1.807, 2.05) is 0 Å². The van der Waals surface area contributed by atoms with Gasteiger partial charge in [-0.15, -0.1) is 5.92 Å². The topological polar surface area (TPSA) is 113 Å². The highest BCUT2D eigenvalue weighted by atomic mass is 32.2. The number of sulfone groups is 1. The van der Waals surface area contributed by atoms with Crippen LogP contribution in [-0.4, -0.2) is 49.3 Å². The maximum Gasteiger partial charge on any atom is 0.414 e. The molecule has 0 unspecified atom stereocenters. The fraction of sp³-hybridized carbons (Fsp3) is 0.412. The summed E-state index contributed by atoms with van der Waals surface area (Å²) in [6.07, 6.45) is -1.27. The number of nitrogens with zero attached hydrogens (tertiary/aromatic N) is 1. The minimum atomic E-state index is -3.94. The monoisotopic (exact) mass is 398 g/mol. The van der Waals surface area contributed by atoms with E-state index < -0.39 is 38.5 Å². The normalized spacial score (nSPS) is 18.9. The van der Waals surface area contributed by atoms with Gasteiger partial charge in [0.25, 0.3) is 5.91 Å². The third-order valence-corrected chi connectivity index (χ3v) is 6.40. The molecule has 1 aromatic carbocycles. The van der Waals surface area contributed by atoms with Gasteiger partial charge in [0, 0.05) is 12.7 Å². The van der Waals surface area contributed by atoms with Crippen LogP contribution in [0.5, 0.6) is 0 Å². The second-order valence-corrected chi connectivity index (χ2v) is 8.75. The summed E-state index contributed by atoms with van der Waals surface area (Å²) in [6, 6.07) is 4.03. The molecule has 0 radical (unpaired) electrons. The first-order valence-electron chi connectivity index (χ1n) is 7.88. The Hall–Kier alpha value is -2.64. The standard InChI is InChI=1S/C17H19FN2O6S/c1-4-5-11-6-7-12(8-14(11)18)20-10-13(26-16(20)22)9-17(2,15(21)19-23)27(3,24)25/h6-8,13,23H,9-10H2,1-3H3,(H,19,21)/t13-,17+/m0/s1. The zero-order chi connectivity index (χ0) is 20.4. The van der Waals surface area contributed by atoms with E-state index in [0.29, 0.717) is 0 Å². The van der Waals surface area contributed by atoms with Crippen molar-refractivity contribution in [3.8, 4) is 11.8 Å². The molecule has 2 N–H and O–H groups in total. The van der Waals surface area contributed by atoms with Crippen LogP contribution in [0.2, 0.25) is 0 Å². The Labute approximate surface area is 156 Å². The number of hydrogen-bond donors (Lipinski definition) is 2.